The molecule has 0 bridgehead atoms. The van der Waals surface area contributed by atoms with E-state index in [1.165, 1.54) is 0 Å². The minimum absolute atomic E-state index is 0. The Balaban J connectivity index is 0.00000112. The maximum absolute atomic E-state index is 11.4. The molecule has 2 N–H and O–H groups in total. The van der Waals surface area contributed by atoms with Gasteiger partial charge in [-0.2, -0.15) is 5.10 Å². The molecule has 2 rings (SSSR count). The summed E-state index contributed by atoms with van der Waals surface area (Å²) in [7, 11) is 0. The van der Waals surface area contributed by atoms with E-state index >= 15 is 0 Å². The molecular weight excluding hydrogens is 253 g/mol. The lowest BCUT2D eigenvalue weighted by atomic mass is 10.1. The molecule has 0 saturated carbocycles. The van der Waals surface area contributed by atoms with Crippen LogP contribution in [0.3, 0.4) is 0 Å². The standard InChI is InChI=1S/C9H13N3O2.2ClH/c1-2-14-9(13)8-6-5-10-4-3-7(6)11-12-8;;/h10H,2-5H2,1H3,(H,11,12);2*1H. The van der Waals surface area contributed by atoms with Gasteiger partial charge in [0, 0.05) is 30.8 Å². The number of nitrogens with one attached hydrogen (secondary N) is 2. The zero-order chi connectivity index (χ0) is 9.97. The van der Waals surface area contributed by atoms with Crippen LogP contribution in [0.15, 0.2) is 0 Å². The second-order valence-electron chi connectivity index (χ2n) is 3.18. The molecule has 92 valence electrons. The molecule has 1 aliphatic heterocycles. The van der Waals surface area contributed by atoms with Crippen LogP contribution in [0.1, 0.15) is 28.7 Å². The first kappa shape index (κ1) is 15.2. The fraction of sp³-hybridized carbons (Fsp3) is 0.556. The van der Waals surface area contributed by atoms with Gasteiger partial charge in [0.1, 0.15) is 0 Å². The molecule has 0 aliphatic carbocycles. The van der Waals surface area contributed by atoms with Crippen molar-refractivity contribution >= 4 is 30.8 Å². The second kappa shape index (κ2) is 6.73. The summed E-state index contributed by atoms with van der Waals surface area (Å²) in [4.78, 5) is 11.4. The molecule has 0 amide bonds. The molecular formula is C9H15Cl2N3O2. The van der Waals surface area contributed by atoms with Gasteiger partial charge in [0.15, 0.2) is 5.69 Å². The van der Waals surface area contributed by atoms with E-state index in [0.717, 1.165) is 24.2 Å². The molecule has 5 nitrogen and oxygen atoms in total. The fourth-order valence-electron chi connectivity index (χ4n) is 1.59. The third-order valence-electron chi connectivity index (χ3n) is 2.28. The number of aromatic nitrogens is 2. The Bertz CT molecular complexity index is 355. The van der Waals surface area contributed by atoms with E-state index in [9.17, 15) is 4.79 Å². The van der Waals surface area contributed by atoms with Gasteiger partial charge in [-0.05, 0) is 6.92 Å². The van der Waals surface area contributed by atoms with Crippen molar-refractivity contribution in [2.75, 3.05) is 13.2 Å². The lowest BCUT2D eigenvalue weighted by Gasteiger charge is -2.12. The number of rotatable bonds is 2. The van der Waals surface area contributed by atoms with Crippen LogP contribution in [0.2, 0.25) is 0 Å². The Kier molecular flexibility index (Phi) is 6.40. The van der Waals surface area contributed by atoms with Crippen LogP contribution in [0.5, 0.6) is 0 Å². The predicted octanol–water partition coefficient (Wildman–Crippen LogP) is 1.08. The van der Waals surface area contributed by atoms with Gasteiger partial charge in [-0.3, -0.25) is 5.10 Å². The third kappa shape index (κ3) is 2.87. The van der Waals surface area contributed by atoms with E-state index in [1.54, 1.807) is 6.92 Å². The molecule has 0 spiro atoms. The zero-order valence-electron chi connectivity index (χ0n) is 8.91. The van der Waals surface area contributed by atoms with Crippen molar-refractivity contribution < 1.29 is 9.53 Å². The second-order valence-corrected chi connectivity index (χ2v) is 3.18. The van der Waals surface area contributed by atoms with Crippen molar-refractivity contribution in [3.63, 3.8) is 0 Å². The quantitative estimate of drug-likeness (QED) is 0.787. The molecule has 2 heterocycles. The summed E-state index contributed by atoms with van der Waals surface area (Å²) in [6.45, 7) is 3.79. The van der Waals surface area contributed by atoms with Crippen LogP contribution in [-0.4, -0.2) is 29.3 Å². The molecule has 0 atom stereocenters. The maximum atomic E-state index is 11.4. The lowest BCUT2D eigenvalue weighted by molar-refractivity contribution is 0.0518. The molecule has 0 radical (unpaired) electrons. The highest BCUT2D eigenvalue weighted by Crippen LogP contribution is 2.15. The number of nitrogens with zero attached hydrogens (tertiary/aromatic N) is 1. The monoisotopic (exact) mass is 267 g/mol. The van der Waals surface area contributed by atoms with Crippen molar-refractivity contribution in [3.05, 3.63) is 17.0 Å². The number of hydrogen-bond acceptors (Lipinski definition) is 4. The summed E-state index contributed by atoms with van der Waals surface area (Å²) in [6.07, 6.45) is 0.891. The first-order valence-corrected chi connectivity index (χ1v) is 4.77. The zero-order valence-corrected chi connectivity index (χ0v) is 10.5. The van der Waals surface area contributed by atoms with Gasteiger partial charge in [-0.25, -0.2) is 4.79 Å². The normalized spacial score (nSPS) is 13.1. The van der Waals surface area contributed by atoms with Gasteiger partial charge in [0.05, 0.1) is 6.61 Å². The predicted molar refractivity (Wildman–Crippen MR) is 64.5 cm³/mol. The first-order chi connectivity index (χ1) is 6.83. The maximum Gasteiger partial charge on any atom is 0.359 e. The van der Waals surface area contributed by atoms with Crippen LogP contribution < -0.4 is 5.32 Å². The molecule has 1 aromatic rings. The molecule has 0 unspecified atom stereocenters. The minimum Gasteiger partial charge on any atom is -0.461 e. The van der Waals surface area contributed by atoms with E-state index in [4.69, 9.17) is 4.74 Å². The van der Waals surface area contributed by atoms with Gasteiger partial charge < -0.3 is 10.1 Å². The summed E-state index contributed by atoms with van der Waals surface area (Å²) in [5.74, 6) is -0.339. The van der Waals surface area contributed by atoms with Gasteiger partial charge >= 0.3 is 5.97 Å². The summed E-state index contributed by atoms with van der Waals surface area (Å²) < 4.78 is 4.90. The van der Waals surface area contributed by atoms with Gasteiger partial charge in [0.25, 0.3) is 0 Å². The Labute approximate surface area is 106 Å². The average molecular weight is 268 g/mol. The number of H-pyrrole nitrogens is 1. The number of esters is 1. The lowest BCUT2D eigenvalue weighted by Crippen LogP contribution is -2.24. The van der Waals surface area contributed by atoms with Crippen LogP contribution >= 0.6 is 24.8 Å². The van der Waals surface area contributed by atoms with Crippen molar-refractivity contribution in [2.45, 2.75) is 19.9 Å². The number of halogens is 2. The number of ether oxygens (including phenoxy) is 1. The molecule has 0 saturated heterocycles. The van der Waals surface area contributed by atoms with Crippen LogP contribution in [0.4, 0.5) is 0 Å². The summed E-state index contributed by atoms with van der Waals surface area (Å²) in [5.41, 5.74) is 2.43. The van der Waals surface area contributed by atoms with Crippen molar-refractivity contribution in [1.29, 1.82) is 0 Å². The average Bonchev–Trinajstić information content (AvgIpc) is 2.61. The van der Waals surface area contributed by atoms with E-state index in [2.05, 4.69) is 15.5 Å². The highest BCUT2D eigenvalue weighted by molar-refractivity contribution is 5.89. The number of aromatic amines is 1. The molecule has 7 heteroatoms. The Morgan fingerprint density at radius 1 is 1.50 bits per heavy atom. The Morgan fingerprint density at radius 3 is 2.94 bits per heavy atom. The van der Waals surface area contributed by atoms with Gasteiger partial charge in [0.2, 0.25) is 0 Å². The number of carbonyl (C=O) groups excluding carboxylic acids is 1. The molecule has 1 aromatic heterocycles. The summed E-state index contributed by atoms with van der Waals surface area (Å²) >= 11 is 0. The third-order valence-corrected chi connectivity index (χ3v) is 2.28. The Hall–Kier alpha value is -0.780. The van der Waals surface area contributed by atoms with Gasteiger partial charge in [-0.1, -0.05) is 0 Å². The molecule has 0 aromatic carbocycles. The van der Waals surface area contributed by atoms with E-state index in [0.29, 0.717) is 18.8 Å². The largest absolute Gasteiger partial charge is 0.461 e. The van der Waals surface area contributed by atoms with Crippen molar-refractivity contribution in [3.8, 4) is 0 Å². The van der Waals surface area contributed by atoms with Crippen LogP contribution in [0, 0.1) is 0 Å². The Morgan fingerprint density at radius 2 is 2.25 bits per heavy atom. The van der Waals surface area contributed by atoms with Crippen molar-refractivity contribution in [1.82, 2.24) is 15.5 Å². The topological polar surface area (TPSA) is 67.0 Å². The number of fused-ring (bicyclic) bond motifs is 1. The first-order valence-electron chi connectivity index (χ1n) is 4.77. The fourth-order valence-corrected chi connectivity index (χ4v) is 1.59. The van der Waals surface area contributed by atoms with Gasteiger partial charge in [-0.15, -0.1) is 24.8 Å². The highest BCUT2D eigenvalue weighted by Gasteiger charge is 2.21. The number of hydrogen-bond donors (Lipinski definition) is 2. The van der Waals surface area contributed by atoms with E-state index in [-0.39, 0.29) is 30.8 Å². The highest BCUT2D eigenvalue weighted by atomic mass is 35.5. The van der Waals surface area contributed by atoms with Crippen LogP contribution in [-0.2, 0) is 17.7 Å². The number of carbonyl (C=O) groups is 1. The van der Waals surface area contributed by atoms with Crippen molar-refractivity contribution in [2.24, 2.45) is 0 Å². The molecule has 0 fully saturated rings. The minimum atomic E-state index is -0.339. The molecule has 16 heavy (non-hydrogen) atoms. The SMILES string of the molecule is CCOC(=O)c1n[nH]c2c1CNCC2.Cl.Cl. The van der Waals surface area contributed by atoms with E-state index in [1.807, 2.05) is 0 Å². The summed E-state index contributed by atoms with van der Waals surface area (Å²) in [6, 6.07) is 0. The molecule has 1 aliphatic rings. The summed E-state index contributed by atoms with van der Waals surface area (Å²) in [5, 5.41) is 10.0. The van der Waals surface area contributed by atoms with E-state index < -0.39 is 0 Å². The smallest absolute Gasteiger partial charge is 0.359 e. The van der Waals surface area contributed by atoms with Crippen LogP contribution in [0.25, 0.3) is 0 Å².